The molecule has 0 spiro atoms. The predicted octanol–water partition coefficient (Wildman–Crippen LogP) is 1.40. The highest BCUT2D eigenvalue weighted by atomic mass is 16.5. The maximum atomic E-state index is 9.07. The maximum absolute atomic E-state index is 9.07. The molecule has 1 aromatic heterocycles. The topological polar surface area (TPSA) is 68.4 Å². The first-order valence-electron chi connectivity index (χ1n) is 5.79. The average Bonchev–Trinajstić information content (AvgIpc) is 2.82. The molecule has 1 fully saturated rings. The van der Waals surface area contributed by atoms with Gasteiger partial charge in [0.05, 0.1) is 12.6 Å². The Morgan fingerprint density at radius 3 is 2.94 bits per heavy atom. The summed E-state index contributed by atoms with van der Waals surface area (Å²) in [4.78, 5) is 4.20. The molecule has 0 unspecified atom stereocenters. The molecular formula is C12H18N2O2. The van der Waals surface area contributed by atoms with E-state index in [1.54, 1.807) is 6.20 Å². The molecule has 1 atom stereocenters. The van der Waals surface area contributed by atoms with Gasteiger partial charge in [0.1, 0.15) is 6.10 Å². The summed E-state index contributed by atoms with van der Waals surface area (Å²) < 4.78 is 5.83. The van der Waals surface area contributed by atoms with Crippen molar-refractivity contribution in [1.29, 1.82) is 0 Å². The SMILES string of the molecule is N[C@@H](CO)c1cccnc1OC1CCCC1. The lowest BCUT2D eigenvalue weighted by Gasteiger charge is -2.17. The minimum absolute atomic E-state index is 0.0906. The summed E-state index contributed by atoms with van der Waals surface area (Å²) in [6, 6.07) is 3.26. The zero-order valence-electron chi connectivity index (χ0n) is 9.30. The van der Waals surface area contributed by atoms with Gasteiger partial charge in [0.2, 0.25) is 5.88 Å². The van der Waals surface area contributed by atoms with Crippen LogP contribution in [0.2, 0.25) is 0 Å². The zero-order chi connectivity index (χ0) is 11.4. The van der Waals surface area contributed by atoms with E-state index >= 15 is 0 Å². The molecule has 1 aliphatic carbocycles. The number of rotatable bonds is 4. The Morgan fingerprint density at radius 1 is 1.50 bits per heavy atom. The third-order valence-corrected chi connectivity index (χ3v) is 2.98. The lowest BCUT2D eigenvalue weighted by atomic mass is 10.1. The van der Waals surface area contributed by atoms with Gasteiger partial charge in [-0.15, -0.1) is 0 Å². The Balaban J connectivity index is 2.12. The van der Waals surface area contributed by atoms with Gasteiger partial charge in [-0.25, -0.2) is 4.98 Å². The summed E-state index contributed by atoms with van der Waals surface area (Å²) in [5.74, 6) is 0.580. The van der Waals surface area contributed by atoms with Crippen LogP contribution in [0.3, 0.4) is 0 Å². The van der Waals surface area contributed by atoms with E-state index in [4.69, 9.17) is 15.6 Å². The van der Waals surface area contributed by atoms with Crippen LogP contribution in [0.5, 0.6) is 5.88 Å². The quantitative estimate of drug-likeness (QED) is 0.808. The average molecular weight is 222 g/mol. The molecule has 0 aromatic carbocycles. The number of pyridine rings is 1. The largest absolute Gasteiger partial charge is 0.474 e. The highest BCUT2D eigenvalue weighted by Gasteiger charge is 2.20. The highest BCUT2D eigenvalue weighted by Crippen LogP contribution is 2.27. The molecule has 1 aromatic rings. The molecule has 4 heteroatoms. The fourth-order valence-electron chi connectivity index (χ4n) is 2.05. The molecule has 2 rings (SSSR count). The monoisotopic (exact) mass is 222 g/mol. The molecule has 0 amide bonds. The second kappa shape index (κ2) is 5.27. The molecular weight excluding hydrogens is 204 g/mol. The van der Waals surface area contributed by atoms with Gasteiger partial charge >= 0.3 is 0 Å². The van der Waals surface area contributed by atoms with Crippen LogP contribution in [0, 0.1) is 0 Å². The van der Waals surface area contributed by atoms with Crippen molar-refractivity contribution in [3.8, 4) is 5.88 Å². The van der Waals surface area contributed by atoms with Crippen molar-refractivity contribution in [2.75, 3.05) is 6.61 Å². The van der Waals surface area contributed by atoms with E-state index < -0.39 is 6.04 Å². The van der Waals surface area contributed by atoms with Gasteiger partial charge < -0.3 is 15.6 Å². The zero-order valence-corrected chi connectivity index (χ0v) is 9.30. The number of ether oxygens (including phenoxy) is 1. The molecule has 4 nitrogen and oxygen atoms in total. The Hall–Kier alpha value is -1.13. The lowest BCUT2D eigenvalue weighted by Crippen LogP contribution is -2.19. The van der Waals surface area contributed by atoms with Crippen LogP contribution < -0.4 is 10.5 Å². The minimum atomic E-state index is -0.412. The van der Waals surface area contributed by atoms with E-state index in [1.807, 2.05) is 12.1 Å². The molecule has 0 radical (unpaired) electrons. The third kappa shape index (κ3) is 2.51. The normalized spacial score (nSPS) is 18.6. The maximum Gasteiger partial charge on any atom is 0.218 e. The molecule has 1 heterocycles. The van der Waals surface area contributed by atoms with Crippen LogP contribution in [0.25, 0.3) is 0 Å². The van der Waals surface area contributed by atoms with Crippen LogP contribution >= 0.6 is 0 Å². The van der Waals surface area contributed by atoms with Crippen molar-refractivity contribution in [3.63, 3.8) is 0 Å². The summed E-state index contributed by atoms with van der Waals surface area (Å²) in [6.07, 6.45) is 6.57. The van der Waals surface area contributed by atoms with Crippen molar-refractivity contribution in [2.45, 2.75) is 37.8 Å². The number of nitrogens with two attached hydrogens (primary N) is 1. The molecule has 16 heavy (non-hydrogen) atoms. The smallest absolute Gasteiger partial charge is 0.218 e. The van der Waals surface area contributed by atoms with Crippen LogP contribution in [0.15, 0.2) is 18.3 Å². The molecule has 88 valence electrons. The first kappa shape index (κ1) is 11.4. The van der Waals surface area contributed by atoms with Gasteiger partial charge in [-0.3, -0.25) is 0 Å². The number of hydrogen-bond donors (Lipinski definition) is 2. The van der Waals surface area contributed by atoms with E-state index in [2.05, 4.69) is 4.98 Å². The molecule has 0 aliphatic heterocycles. The number of aliphatic hydroxyl groups is 1. The second-order valence-electron chi connectivity index (χ2n) is 4.21. The van der Waals surface area contributed by atoms with E-state index in [0.717, 1.165) is 18.4 Å². The van der Waals surface area contributed by atoms with Crippen molar-refractivity contribution < 1.29 is 9.84 Å². The van der Waals surface area contributed by atoms with Gasteiger partial charge in [-0.05, 0) is 31.7 Å². The van der Waals surface area contributed by atoms with Crippen molar-refractivity contribution in [3.05, 3.63) is 23.9 Å². The predicted molar refractivity (Wildman–Crippen MR) is 61.1 cm³/mol. The molecule has 0 saturated heterocycles. The number of aromatic nitrogens is 1. The van der Waals surface area contributed by atoms with Gasteiger partial charge in [-0.2, -0.15) is 0 Å². The minimum Gasteiger partial charge on any atom is -0.474 e. The van der Waals surface area contributed by atoms with Crippen LogP contribution in [0.1, 0.15) is 37.3 Å². The van der Waals surface area contributed by atoms with Crippen LogP contribution in [-0.4, -0.2) is 22.8 Å². The van der Waals surface area contributed by atoms with Crippen molar-refractivity contribution in [2.24, 2.45) is 5.73 Å². The second-order valence-corrected chi connectivity index (χ2v) is 4.21. The van der Waals surface area contributed by atoms with Crippen molar-refractivity contribution in [1.82, 2.24) is 4.98 Å². The van der Waals surface area contributed by atoms with Gasteiger partial charge in [0.25, 0.3) is 0 Å². The molecule has 1 saturated carbocycles. The van der Waals surface area contributed by atoms with Crippen LogP contribution in [0.4, 0.5) is 0 Å². The summed E-state index contributed by atoms with van der Waals surface area (Å²) >= 11 is 0. The molecule has 3 N–H and O–H groups in total. The Kier molecular flexibility index (Phi) is 3.74. The standard InChI is InChI=1S/C12H18N2O2/c13-11(8-15)10-6-3-7-14-12(10)16-9-4-1-2-5-9/h3,6-7,9,11,15H,1-2,4-5,8,13H2/t11-/m0/s1. The molecule has 1 aliphatic rings. The van der Waals surface area contributed by atoms with E-state index in [1.165, 1.54) is 12.8 Å². The summed E-state index contributed by atoms with van der Waals surface area (Å²) in [5, 5.41) is 9.07. The first-order chi connectivity index (χ1) is 7.81. The van der Waals surface area contributed by atoms with Crippen LogP contribution in [-0.2, 0) is 0 Å². The van der Waals surface area contributed by atoms with E-state index in [9.17, 15) is 0 Å². The highest BCUT2D eigenvalue weighted by molar-refractivity contribution is 5.29. The fourth-order valence-corrected chi connectivity index (χ4v) is 2.05. The number of hydrogen-bond acceptors (Lipinski definition) is 4. The fraction of sp³-hybridized carbons (Fsp3) is 0.583. The summed E-state index contributed by atoms with van der Waals surface area (Å²) in [6.45, 7) is -0.0906. The van der Waals surface area contributed by atoms with E-state index in [0.29, 0.717) is 5.88 Å². The Labute approximate surface area is 95.4 Å². The number of nitrogens with zero attached hydrogens (tertiary/aromatic N) is 1. The van der Waals surface area contributed by atoms with Crippen molar-refractivity contribution >= 4 is 0 Å². The van der Waals surface area contributed by atoms with E-state index in [-0.39, 0.29) is 12.7 Å². The van der Waals surface area contributed by atoms with Gasteiger partial charge in [0.15, 0.2) is 0 Å². The third-order valence-electron chi connectivity index (χ3n) is 2.98. The Bertz CT molecular complexity index is 338. The van der Waals surface area contributed by atoms with Gasteiger partial charge in [-0.1, -0.05) is 6.07 Å². The number of aliphatic hydroxyl groups excluding tert-OH is 1. The first-order valence-corrected chi connectivity index (χ1v) is 5.79. The lowest BCUT2D eigenvalue weighted by molar-refractivity contribution is 0.194. The van der Waals surface area contributed by atoms with Gasteiger partial charge in [0, 0.05) is 11.8 Å². The Morgan fingerprint density at radius 2 is 2.25 bits per heavy atom. The molecule has 0 bridgehead atoms. The summed E-state index contributed by atoms with van der Waals surface area (Å²) in [5.41, 5.74) is 6.59. The summed E-state index contributed by atoms with van der Waals surface area (Å²) in [7, 11) is 0.